The number of esters is 1. The number of hydrogen-bond acceptors (Lipinski definition) is 6. The van der Waals surface area contributed by atoms with E-state index in [2.05, 4.69) is 0 Å². The molecule has 1 N–H and O–H groups in total. The second-order valence-corrected chi connectivity index (χ2v) is 5.90. The monoisotopic (exact) mass is 350 g/mol. The predicted molar refractivity (Wildman–Crippen MR) is 94.2 cm³/mol. The molecule has 6 nitrogen and oxygen atoms in total. The summed E-state index contributed by atoms with van der Waals surface area (Å²) in [5, 5.41) is 11.2. The van der Waals surface area contributed by atoms with Gasteiger partial charge in [0, 0.05) is 28.0 Å². The number of aromatic hydroxyl groups is 1. The van der Waals surface area contributed by atoms with Crippen molar-refractivity contribution in [3.05, 3.63) is 75.8 Å². The maximum atomic E-state index is 12.3. The van der Waals surface area contributed by atoms with Gasteiger partial charge in [0.1, 0.15) is 23.5 Å². The summed E-state index contributed by atoms with van der Waals surface area (Å²) in [5.74, 6) is -0.512. The summed E-state index contributed by atoms with van der Waals surface area (Å²) in [5.41, 5.74) is 1.22. The predicted octanol–water partition coefficient (Wildman–Crippen LogP) is 3.91. The van der Waals surface area contributed by atoms with Gasteiger partial charge in [-0.25, -0.2) is 9.59 Å². The Morgan fingerprint density at radius 1 is 1.12 bits per heavy atom. The lowest BCUT2D eigenvalue weighted by atomic mass is 10.1. The number of phenolic OH excluding ortho intramolecular Hbond substituents is 1. The first-order valence-electron chi connectivity index (χ1n) is 7.94. The first kappa shape index (κ1) is 16.0. The summed E-state index contributed by atoms with van der Waals surface area (Å²) in [4.78, 5) is 24.1. The Kier molecular flexibility index (Phi) is 3.73. The van der Waals surface area contributed by atoms with E-state index >= 15 is 0 Å². The molecule has 4 rings (SSSR count). The van der Waals surface area contributed by atoms with Gasteiger partial charge in [0.15, 0.2) is 0 Å². The standard InChI is InChI=1S/C20H14O6/c1-11-15(21)7-6-14-13(9-18(22)26-19(11)14)10-24-20(23)17-8-12-4-2-3-5-16(12)25-17/h2-9,21H,10H2,1H3. The molecule has 0 aliphatic rings. The Morgan fingerprint density at radius 2 is 1.92 bits per heavy atom. The van der Waals surface area contributed by atoms with Crippen LogP contribution in [0.15, 0.2) is 62.2 Å². The Hall–Kier alpha value is -3.54. The van der Waals surface area contributed by atoms with Crippen LogP contribution in [0.5, 0.6) is 5.75 Å². The van der Waals surface area contributed by atoms with Crippen LogP contribution in [-0.2, 0) is 11.3 Å². The average Bonchev–Trinajstić information content (AvgIpc) is 3.07. The quantitative estimate of drug-likeness (QED) is 0.445. The van der Waals surface area contributed by atoms with Gasteiger partial charge in [-0.05, 0) is 31.2 Å². The Bertz CT molecular complexity index is 1170. The molecule has 0 spiro atoms. The number of rotatable bonds is 3. The lowest BCUT2D eigenvalue weighted by Gasteiger charge is -2.08. The Morgan fingerprint density at radius 3 is 2.73 bits per heavy atom. The molecule has 0 bridgehead atoms. The number of carbonyl (C=O) groups excluding carboxylic acids is 1. The number of benzene rings is 2. The van der Waals surface area contributed by atoms with Crippen molar-refractivity contribution >= 4 is 27.9 Å². The third-order valence-corrected chi connectivity index (χ3v) is 4.20. The third-order valence-electron chi connectivity index (χ3n) is 4.20. The molecule has 26 heavy (non-hydrogen) atoms. The van der Waals surface area contributed by atoms with E-state index in [4.69, 9.17) is 13.6 Å². The van der Waals surface area contributed by atoms with Gasteiger partial charge in [-0.3, -0.25) is 0 Å². The molecule has 2 heterocycles. The molecule has 0 saturated carbocycles. The van der Waals surface area contributed by atoms with E-state index < -0.39 is 11.6 Å². The van der Waals surface area contributed by atoms with Gasteiger partial charge >= 0.3 is 11.6 Å². The van der Waals surface area contributed by atoms with E-state index in [9.17, 15) is 14.7 Å². The Balaban J connectivity index is 1.64. The van der Waals surface area contributed by atoms with E-state index in [0.717, 1.165) is 5.39 Å². The van der Waals surface area contributed by atoms with Crippen molar-refractivity contribution in [3.8, 4) is 5.75 Å². The molecule has 2 aromatic heterocycles. The van der Waals surface area contributed by atoms with Gasteiger partial charge < -0.3 is 18.7 Å². The average molecular weight is 350 g/mol. The van der Waals surface area contributed by atoms with Crippen LogP contribution in [0, 0.1) is 6.92 Å². The summed E-state index contributed by atoms with van der Waals surface area (Å²) in [6.45, 7) is 1.52. The topological polar surface area (TPSA) is 89.9 Å². The van der Waals surface area contributed by atoms with Crippen LogP contribution in [0.1, 0.15) is 21.7 Å². The van der Waals surface area contributed by atoms with E-state index in [-0.39, 0.29) is 23.7 Å². The van der Waals surface area contributed by atoms with E-state index in [1.54, 1.807) is 25.1 Å². The molecule has 2 aromatic carbocycles. The van der Waals surface area contributed by atoms with Crippen LogP contribution in [0.4, 0.5) is 0 Å². The number of ether oxygens (including phenoxy) is 1. The summed E-state index contributed by atoms with van der Waals surface area (Å²) in [6.07, 6.45) is 0. The molecule has 6 heteroatoms. The third kappa shape index (κ3) is 2.71. The fourth-order valence-corrected chi connectivity index (χ4v) is 2.83. The van der Waals surface area contributed by atoms with Crippen LogP contribution >= 0.6 is 0 Å². The number of hydrogen-bond donors (Lipinski definition) is 1. The van der Waals surface area contributed by atoms with Gasteiger partial charge in [0.2, 0.25) is 5.76 Å². The highest BCUT2D eigenvalue weighted by Crippen LogP contribution is 2.28. The molecule has 0 fully saturated rings. The molecule has 0 amide bonds. The minimum absolute atomic E-state index is 0.0251. The molecule has 0 aliphatic heterocycles. The normalized spacial score (nSPS) is 11.1. The van der Waals surface area contributed by atoms with Crippen molar-refractivity contribution in [2.24, 2.45) is 0 Å². The van der Waals surface area contributed by atoms with E-state index in [1.165, 1.54) is 12.1 Å². The van der Waals surface area contributed by atoms with Gasteiger partial charge in [-0.2, -0.15) is 0 Å². The highest BCUT2D eigenvalue weighted by atomic mass is 16.5. The SMILES string of the molecule is Cc1c(O)ccc2c(COC(=O)c3cc4ccccc4o3)cc(=O)oc12. The van der Waals surface area contributed by atoms with Crippen molar-refractivity contribution < 1.29 is 23.5 Å². The number of para-hydroxylation sites is 1. The molecule has 0 unspecified atom stereocenters. The molecule has 0 saturated heterocycles. The smallest absolute Gasteiger partial charge is 0.374 e. The molecule has 0 atom stereocenters. The van der Waals surface area contributed by atoms with Gasteiger partial charge in [0.25, 0.3) is 0 Å². The minimum atomic E-state index is -0.627. The summed E-state index contributed by atoms with van der Waals surface area (Å²) < 4.78 is 15.9. The zero-order chi connectivity index (χ0) is 18.3. The fraction of sp³-hybridized carbons (Fsp3) is 0.100. The first-order chi connectivity index (χ1) is 12.5. The molecule has 4 aromatic rings. The molecule has 0 radical (unpaired) electrons. The molecular formula is C20H14O6. The number of carbonyl (C=O) groups is 1. The van der Waals surface area contributed by atoms with Crippen molar-refractivity contribution in [1.82, 2.24) is 0 Å². The van der Waals surface area contributed by atoms with Crippen molar-refractivity contribution in [3.63, 3.8) is 0 Å². The summed E-state index contributed by atoms with van der Waals surface area (Å²) in [6, 6.07) is 13.3. The molecule has 130 valence electrons. The van der Waals surface area contributed by atoms with Crippen LogP contribution in [0.3, 0.4) is 0 Å². The maximum absolute atomic E-state index is 12.3. The number of furan rings is 1. The van der Waals surface area contributed by atoms with E-state index in [1.807, 2.05) is 18.2 Å². The minimum Gasteiger partial charge on any atom is -0.508 e. The summed E-state index contributed by atoms with van der Waals surface area (Å²) >= 11 is 0. The maximum Gasteiger partial charge on any atom is 0.374 e. The van der Waals surface area contributed by atoms with Crippen LogP contribution < -0.4 is 5.63 Å². The number of fused-ring (bicyclic) bond motifs is 2. The number of phenols is 1. The molecular weight excluding hydrogens is 336 g/mol. The van der Waals surface area contributed by atoms with Gasteiger partial charge in [-0.15, -0.1) is 0 Å². The second-order valence-electron chi connectivity index (χ2n) is 5.90. The fourth-order valence-electron chi connectivity index (χ4n) is 2.83. The lowest BCUT2D eigenvalue weighted by molar-refractivity contribution is 0.0440. The first-order valence-corrected chi connectivity index (χ1v) is 7.94. The largest absolute Gasteiger partial charge is 0.508 e. The highest BCUT2D eigenvalue weighted by molar-refractivity contribution is 5.92. The van der Waals surface area contributed by atoms with Gasteiger partial charge in [0.05, 0.1) is 0 Å². The molecule has 0 aliphatic carbocycles. The lowest BCUT2D eigenvalue weighted by Crippen LogP contribution is -2.07. The zero-order valence-electron chi connectivity index (χ0n) is 13.8. The van der Waals surface area contributed by atoms with Crippen molar-refractivity contribution in [1.29, 1.82) is 0 Å². The van der Waals surface area contributed by atoms with Crippen LogP contribution in [0.2, 0.25) is 0 Å². The van der Waals surface area contributed by atoms with Crippen molar-refractivity contribution in [2.75, 3.05) is 0 Å². The zero-order valence-corrected chi connectivity index (χ0v) is 13.8. The van der Waals surface area contributed by atoms with Crippen LogP contribution in [-0.4, -0.2) is 11.1 Å². The number of aryl methyl sites for hydroxylation is 1. The van der Waals surface area contributed by atoms with Crippen LogP contribution in [0.25, 0.3) is 21.9 Å². The summed E-state index contributed by atoms with van der Waals surface area (Å²) in [7, 11) is 0. The van der Waals surface area contributed by atoms with Crippen molar-refractivity contribution in [2.45, 2.75) is 13.5 Å². The second kappa shape index (κ2) is 6.07. The van der Waals surface area contributed by atoms with E-state index in [0.29, 0.717) is 22.1 Å². The highest BCUT2D eigenvalue weighted by Gasteiger charge is 2.16. The van der Waals surface area contributed by atoms with Gasteiger partial charge in [-0.1, -0.05) is 18.2 Å². The Labute approximate surface area is 147 Å².